The highest BCUT2D eigenvalue weighted by molar-refractivity contribution is 8.18. The van der Waals surface area contributed by atoms with Crippen LogP contribution < -0.4 is 0 Å². The lowest BCUT2D eigenvalue weighted by molar-refractivity contribution is -0.124. The van der Waals surface area contributed by atoms with Crippen molar-refractivity contribution >= 4 is 34.9 Å². The lowest BCUT2D eigenvalue weighted by Gasteiger charge is -2.31. The van der Waals surface area contributed by atoms with Crippen molar-refractivity contribution in [3.8, 4) is 0 Å². The fourth-order valence-electron chi connectivity index (χ4n) is 4.48. The number of carboxylic acids is 1. The predicted molar refractivity (Wildman–Crippen MR) is 117 cm³/mol. The number of hydrogen-bond acceptors (Lipinski definition) is 4. The van der Waals surface area contributed by atoms with Gasteiger partial charge < -0.3 is 5.11 Å². The molecule has 4 rings (SSSR count). The van der Waals surface area contributed by atoms with Crippen molar-refractivity contribution in [1.82, 2.24) is 4.90 Å². The number of amides is 1. The van der Waals surface area contributed by atoms with Crippen molar-refractivity contribution < 1.29 is 14.7 Å². The first-order chi connectivity index (χ1) is 14.1. The van der Waals surface area contributed by atoms with Crippen LogP contribution in [0, 0.1) is 0 Å². The zero-order chi connectivity index (χ0) is 20.2. The molecule has 1 N–H and O–H groups in total. The Morgan fingerprint density at radius 3 is 2.24 bits per heavy atom. The van der Waals surface area contributed by atoms with Gasteiger partial charge in [0.1, 0.15) is 0 Å². The van der Waals surface area contributed by atoms with E-state index in [-0.39, 0.29) is 17.5 Å². The lowest BCUT2D eigenvalue weighted by atomic mass is 9.94. The highest BCUT2D eigenvalue weighted by Crippen LogP contribution is 2.38. The molecule has 0 aromatic heterocycles. The van der Waals surface area contributed by atoms with Gasteiger partial charge in [0.05, 0.1) is 16.5 Å². The molecule has 1 heterocycles. The zero-order valence-corrected chi connectivity index (χ0v) is 17.5. The third-order valence-electron chi connectivity index (χ3n) is 6.10. The summed E-state index contributed by atoms with van der Waals surface area (Å²) in [6, 6.07) is 7.26. The first kappa shape index (κ1) is 20.2. The SMILES string of the molecule is O=C(O)c1ccc(C=C2SC(=NC3CCCCC3)N(C3CCCCC3)C2=O)cc1. The van der Waals surface area contributed by atoms with Crippen molar-refractivity contribution in [2.45, 2.75) is 76.3 Å². The number of aromatic carboxylic acids is 1. The Balaban J connectivity index is 1.60. The summed E-state index contributed by atoms with van der Waals surface area (Å²) in [7, 11) is 0. The van der Waals surface area contributed by atoms with Crippen LogP contribution >= 0.6 is 11.8 Å². The quantitative estimate of drug-likeness (QED) is 0.679. The third kappa shape index (κ3) is 4.74. The number of nitrogens with zero attached hydrogens (tertiary/aromatic N) is 2. The molecule has 5 nitrogen and oxygen atoms in total. The number of amidine groups is 1. The molecule has 2 aliphatic carbocycles. The summed E-state index contributed by atoms with van der Waals surface area (Å²) in [6.07, 6.45) is 13.5. The topological polar surface area (TPSA) is 70.0 Å². The maximum Gasteiger partial charge on any atom is 0.335 e. The molecule has 1 aliphatic heterocycles. The predicted octanol–water partition coefficient (Wildman–Crippen LogP) is 5.32. The molecular weight excluding hydrogens is 384 g/mol. The molecular formula is C23H28N2O3S. The highest BCUT2D eigenvalue weighted by atomic mass is 32.2. The maximum atomic E-state index is 13.3. The second-order valence-electron chi connectivity index (χ2n) is 8.21. The monoisotopic (exact) mass is 412 g/mol. The molecule has 1 amide bonds. The van der Waals surface area contributed by atoms with E-state index in [1.807, 2.05) is 11.0 Å². The van der Waals surface area contributed by atoms with Crippen LogP contribution in [0.5, 0.6) is 0 Å². The number of carbonyl (C=O) groups is 2. The Morgan fingerprint density at radius 1 is 1.00 bits per heavy atom. The molecule has 2 saturated carbocycles. The zero-order valence-electron chi connectivity index (χ0n) is 16.7. The first-order valence-corrected chi connectivity index (χ1v) is 11.6. The number of rotatable bonds is 4. The average molecular weight is 413 g/mol. The van der Waals surface area contributed by atoms with E-state index in [1.165, 1.54) is 50.3 Å². The van der Waals surface area contributed by atoms with Crippen molar-refractivity contribution in [3.63, 3.8) is 0 Å². The van der Waals surface area contributed by atoms with Gasteiger partial charge in [0.25, 0.3) is 5.91 Å². The summed E-state index contributed by atoms with van der Waals surface area (Å²) in [5, 5.41) is 9.95. The van der Waals surface area contributed by atoms with Gasteiger partial charge in [-0.25, -0.2) is 4.79 Å². The van der Waals surface area contributed by atoms with E-state index in [0.29, 0.717) is 10.9 Å². The minimum atomic E-state index is -0.944. The van der Waals surface area contributed by atoms with Gasteiger partial charge in [-0.2, -0.15) is 0 Å². The number of hydrogen-bond donors (Lipinski definition) is 1. The van der Waals surface area contributed by atoms with Gasteiger partial charge in [-0.1, -0.05) is 50.7 Å². The summed E-state index contributed by atoms with van der Waals surface area (Å²) >= 11 is 1.49. The number of benzene rings is 1. The van der Waals surface area contributed by atoms with E-state index in [9.17, 15) is 9.59 Å². The molecule has 3 fully saturated rings. The average Bonchev–Trinajstić information content (AvgIpc) is 3.04. The van der Waals surface area contributed by atoms with Gasteiger partial charge in [-0.3, -0.25) is 14.7 Å². The molecule has 1 aromatic carbocycles. The number of carbonyl (C=O) groups excluding carboxylic acids is 1. The standard InChI is InChI=1S/C23H28N2O3S/c26-21-20(15-16-11-13-17(14-12-16)22(27)28)29-23(24-18-7-3-1-4-8-18)25(21)19-9-5-2-6-10-19/h11-15,18-19H,1-10H2,(H,27,28). The molecule has 3 aliphatic rings. The molecule has 29 heavy (non-hydrogen) atoms. The van der Waals surface area contributed by atoms with Crippen molar-refractivity contribution in [3.05, 3.63) is 40.3 Å². The van der Waals surface area contributed by atoms with E-state index in [1.54, 1.807) is 24.3 Å². The normalized spacial score (nSPS) is 24.6. The highest BCUT2D eigenvalue weighted by Gasteiger charge is 2.39. The minimum Gasteiger partial charge on any atom is -0.478 e. The summed E-state index contributed by atoms with van der Waals surface area (Å²) in [4.78, 5) is 32.1. The van der Waals surface area contributed by atoms with Gasteiger partial charge in [-0.15, -0.1) is 0 Å². The molecule has 0 radical (unpaired) electrons. The van der Waals surface area contributed by atoms with Crippen LogP contribution in [0.1, 0.15) is 80.1 Å². The number of aliphatic imine (C=N–C) groups is 1. The molecule has 0 atom stereocenters. The molecule has 154 valence electrons. The molecule has 1 saturated heterocycles. The largest absolute Gasteiger partial charge is 0.478 e. The molecule has 0 unspecified atom stereocenters. The van der Waals surface area contributed by atoms with Crippen LogP contribution in [0.4, 0.5) is 0 Å². The van der Waals surface area contributed by atoms with Gasteiger partial charge in [0.2, 0.25) is 0 Å². The summed E-state index contributed by atoms with van der Waals surface area (Å²) in [5.74, 6) is -0.889. The fourth-order valence-corrected chi connectivity index (χ4v) is 5.59. The van der Waals surface area contributed by atoms with Crippen LogP contribution in [-0.2, 0) is 4.79 Å². The van der Waals surface area contributed by atoms with Crippen LogP contribution in [0.2, 0.25) is 0 Å². The smallest absolute Gasteiger partial charge is 0.335 e. The van der Waals surface area contributed by atoms with E-state index in [0.717, 1.165) is 36.4 Å². The van der Waals surface area contributed by atoms with Crippen molar-refractivity contribution in [1.29, 1.82) is 0 Å². The maximum absolute atomic E-state index is 13.3. The minimum absolute atomic E-state index is 0.0544. The van der Waals surface area contributed by atoms with E-state index in [4.69, 9.17) is 10.1 Å². The Hall–Kier alpha value is -2.08. The summed E-state index contributed by atoms with van der Waals surface area (Å²) in [5.41, 5.74) is 1.09. The van der Waals surface area contributed by atoms with Gasteiger partial charge in [0, 0.05) is 6.04 Å². The Labute approximate surface area is 176 Å². The Kier molecular flexibility index (Phi) is 6.38. The Morgan fingerprint density at radius 2 is 1.62 bits per heavy atom. The van der Waals surface area contributed by atoms with Crippen LogP contribution in [-0.4, -0.2) is 39.1 Å². The second kappa shape index (κ2) is 9.16. The Bertz CT molecular complexity index is 819. The second-order valence-corrected chi connectivity index (χ2v) is 9.22. The van der Waals surface area contributed by atoms with E-state index in [2.05, 4.69) is 0 Å². The molecule has 0 spiro atoms. The molecule has 1 aromatic rings. The van der Waals surface area contributed by atoms with Gasteiger partial charge >= 0.3 is 5.97 Å². The van der Waals surface area contributed by atoms with Crippen LogP contribution in [0.3, 0.4) is 0 Å². The van der Waals surface area contributed by atoms with Gasteiger partial charge in [0.15, 0.2) is 5.17 Å². The van der Waals surface area contributed by atoms with Crippen LogP contribution in [0.15, 0.2) is 34.2 Å². The van der Waals surface area contributed by atoms with Crippen LogP contribution in [0.25, 0.3) is 6.08 Å². The fraction of sp³-hybridized carbons (Fsp3) is 0.522. The van der Waals surface area contributed by atoms with Crippen molar-refractivity contribution in [2.75, 3.05) is 0 Å². The van der Waals surface area contributed by atoms with Gasteiger partial charge in [-0.05, 0) is 61.2 Å². The summed E-state index contributed by atoms with van der Waals surface area (Å²) < 4.78 is 0. The summed E-state index contributed by atoms with van der Waals surface area (Å²) in [6.45, 7) is 0. The number of carboxylic acid groups (broad SMARTS) is 1. The molecule has 6 heteroatoms. The number of thioether (sulfide) groups is 1. The van der Waals surface area contributed by atoms with E-state index >= 15 is 0 Å². The van der Waals surface area contributed by atoms with E-state index < -0.39 is 5.97 Å². The molecule has 0 bridgehead atoms. The third-order valence-corrected chi connectivity index (χ3v) is 7.10. The lowest BCUT2D eigenvalue weighted by Crippen LogP contribution is -2.41. The van der Waals surface area contributed by atoms with Crippen molar-refractivity contribution in [2.24, 2.45) is 4.99 Å². The first-order valence-electron chi connectivity index (χ1n) is 10.8.